The zero-order valence-corrected chi connectivity index (χ0v) is 16.2. The number of allylic oxidation sites excluding steroid dienone is 2. The quantitative estimate of drug-likeness (QED) is 0.639. The maximum absolute atomic E-state index is 12.8. The van der Waals surface area contributed by atoms with Crippen molar-refractivity contribution in [3.63, 3.8) is 0 Å². The van der Waals surface area contributed by atoms with E-state index in [2.05, 4.69) is 10.6 Å². The molecule has 3 N–H and O–H groups in total. The summed E-state index contributed by atoms with van der Waals surface area (Å²) in [7, 11) is 0. The van der Waals surface area contributed by atoms with Gasteiger partial charge < -0.3 is 15.7 Å². The standard InChI is InChI=1S/C20H17ClN2O4S/c21-12-3-5-13(6-4-12)22-17(24)14-7-8-28-19(14)23-18(25)15-10-1-2-11(9-10)16(15)20(26)27/h1-8,10-11,15-16H,9H2,(H,22,24)(H,23,25)(H,26,27)/t10-,11-,15-,16-/m0/s1. The normalized spacial score (nSPS) is 24.9. The van der Waals surface area contributed by atoms with Crippen LogP contribution < -0.4 is 10.6 Å². The van der Waals surface area contributed by atoms with Crippen LogP contribution >= 0.6 is 22.9 Å². The van der Waals surface area contributed by atoms with Gasteiger partial charge in [0.25, 0.3) is 5.91 Å². The minimum atomic E-state index is -0.955. The highest BCUT2D eigenvalue weighted by Crippen LogP contribution is 2.48. The summed E-state index contributed by atoms with van der Waals surface area (Å²) in [5, 5.41) is 17.7. The van der Waals surface area contributed by atoms with Crippen LogP contribution in [0.2, 0.25) is 5.02 Å². The summed E-state index contributed by atoms with van der Waals surface area (Å²) in [5.41, 5.74) is 0.918. The summed E-state index contributed by atoms with van der Waals surface area (Å²) in [6, 6.07) is 8.33. The smallest absolute Gasteiger partial charge is 0.307 e. The van der Waals surface area contributed by atoms with Gasteiger partial charge in [0, 0.05) is 10.7 Å². The molecule has 2 aliphatic rings. The predicted octanol–water partition coefficient (Wildman–Crippen LogP) is 4.12. The lowest BCUT2D eigenvalue weighted by molar-refractivity contribution is -0.146. The number of hydrogen-bond donors (Lipinski definition) is 3. The van der Waals surface area contributed by atoms with Crippen molar-refractivity contribution >= 4 is 51.4 Å². The summed E-state index contributed by atoms with van der Waals surface area (Å²) < 4.78 is 0. The van der Waals surface area contributed by atoms with Gasteiger partial charge in [-0.25, -0.2) is 0 Å². The lowest BCUT2D eigenvalue weighted by Crippen LogP contribution is -2.36. The Kier molecular flexibility index (Phi) is 4.95. The van der Waals surface area contributed by atoms with E-state index in [4.69, 9.17) is 11.6 Å². The number of carbonyl (C=O) groups excluding carboxylic acids is 2. The molecule has 1 heterocycles. The number of carboxylic acid groups (broad SMARTS) is 1. The first-order chi connectivity index (χ1) is 13.4. The van der Waals surface area contributed by atoms with E-state index in [-0.39, 0.29) is 23.7 Å². The Hall–Kier alpha value is -2.64. The fourth-order valence-corrected chi connectivity index (χ4v) is 4.94. The molecule has 1 fully saturated rings. The van der Waals surface area contributed by atoms with Gasteiger partial charge in [0.1, 0.15) is 5.00 Å². The number of benzene rings is 1. The molecule has 2 amide bonds. The molecule has 0 unspecified atom stereocenters. The second-order valence-electron chi connectivity index (χ2n) is 6.95. The van der Waals surface area contributed by atoms with E-state index in [0.29, 0.717) is 27.7 Å². The first-order valence-corrected chi connectivity index (χ1v) is 10.1. The molecule has 4 atom stereocenters. The highest BCUT2D eigenvalue weighted by Gasteiger charge is 2.51. The van der Waals surface area contributed by atoms with Gasteiger partial charge in [-0.15, -0.1) is 11.3 Å². The molecule has 0 radical (unpaired) electrons. The van der Waals surface area contributed by atoms with Crippen molar-refractivity contribution in [1.82, 2.24) is 0 Å². The number of hydrogen-bond acceptors (Lipinski definition) is 4. The third-order valence-electron chi connectivity index (χ3n) is 5.30. The second-order valence-corrected chi connectivity index (χ2v) is 8.30. The molecule has 0 aliphatic heterocycles. The number of rotatable bonds is 5. The molecule has 1 saturated carbocycles. The molecule has 6 nitrogen and oxygen atoms in total. The first-order valence-electron chi connectivity index (χ1n) is 8.80. The summed E-state index contributed by atoms with van der Waals surface area (Å²) in [6.07, 6.45) is 4.50. The van der Waals surface area contributed by atoms with Crippen molar-refractivity contribution in [3.05, 3.63) is 58.5 Å². The van der Waals surface area contributed by atoms with Gasteiger partial charge in [-0.3, -0.25) is 14.4 Å². The lowest BCUT2D eigenvalue weighted by atomic mass is 9.82. The third kappa shape index (κ3) is 3.43. The van der Waals surface area contributed by atoms with Crippen molar-refractivity contribution in [1.29, 1.82) is 0 Å². The van der Waals surface area contributed by atoms with Gasteiger partial charge in [0.05, 0.1) is 17.4 Å². The average molecular weight is 417 g/mol. The fraction of sp³-hybridized carbons (Fsp3) is 0.250. The number of thiophene rings is 1. The van der Waals surface area contributed by atoms with Crippen LogP contribution in [-0.4, -0.2) is 22.9 Å². The monoisotopic (exact) mass is 416 g/mol. The summed E-state index contributed by atoms with van der Waals surface area (Å²) in [6.45, 7) is 0. The van der Waals surface area contributed by atoms with Crippen LogP contribution in [0.15, 0.2) is 47.9 Å². The number of carbonyl (C=O) groups is 3. The largest absolute Gasteiger partial charge is 0.481 e. The van der Waals surface area contributed by atoms with Gasteiger partial charge in [-0.2, -0.15) is 0 Å². The number of halogens is 1. The molecular formula is C20H17ClN2O4S. The number of carboxylic acids is 1. The van der Waals surface area contributed by atoms with Gasteiger partial charge in [-0.05, 0) is 54.0 Å². The van der Waals surface area contributed by atoms with Crippen molar-refractivity contribution in [2.24, 2.45) is 23.7 Å². The molecular weight excluding hydrogens is 400 g/mol. The highest BCUT2D eigenvalue weighted by atomic mass is 35.5. The van der Waals surface area contributed by atoms with Gasteiger partial charge in [0.2, 0.25) is 5.91 Å². The SMILES string of the molecule is O=C(Nc1ccc(Cl)cc1)c1ccsc1NC(=O)[C@@H]1[C@@H](C(=O)O)[C@H]2C=C[C@H]1C2. The Labute approximate surface area is 170 Å². The average Bonchev–Trinajstić information content (AvgIpc) is 3.38. The summed E-state index contributed by atoms with van der Waals surface area (Å²) >= 11 is 7.08. The van der Waals surface area contributed by atoms with Crippen LogP contribution in [-0.2, 0) is 9.59 Å². The molecule has 28 heavy (non-hydrogen) atoms. The Bertz CT molecular complexity index is 969. The summed E-state index contributed by atoms with van der Waals surface area (Å²) in [5.74, 6) is -3.19. The van der Waals surface area contributed by atoms with E-state index in [1.54, 1.807) is 35.7 Å². The van der Waals surface area contributed by atoms with E-state index in [9.17, 15) is 19.5 Å². The molecule has 4 rings (SSSR count). The second kappa shape index (κ2) is 7.41. The molecule has 144 valence electrons. The maximum atomic E-state index is 12.8. The van der Waals surface area contributed by atoms with Crippen molar-refractivity contribution in [2.45, 2.75) is 6.42 Å². The Balaban J connectivity index is 1.49. The Morgan fingerprint density at radius 2 is 1.68 bits per heavy atom. The Morgan fingerprint density at radius 1 is 1.00 bits per heavy atom. The fourth-order valence-electron chi connectivity index (χ4n) is 4.03. The lowest BCUT2D eigenvalue weighted by Gasteiger charge is -2.23. The van der Waals surface area contributed by atoms with Crippen LogP contribution in [0.3, 0.4) is 0 Å². The van der Waals surface area contributed by atoms with E-state index < -0.39 is 17.8 Å². The number of aliphatic carboxylic acids is 1. The minimum Gasteiger partial charge on any atom is -0.481 e. The van der Waals surface area contributed by atoms with Gasteiger partial charge >= 0.3 is 5.97 Å². The van der Waals surface area contributed by atoms with E-state index in [0.717, 1.165) is 0 Å². The van der Waals surface area contributed by atoms with Crippen LogP contribution in [0.1, 0.15) is 16.8 Å². The maximum Gasteiger partial charge on any atom is 0.307 e. The zero-order valence-electron chi connectivity index (χ0n) is 14.6. The molecule has 2 aromatic rings. The van der Waals surface area contributed by atoms with Crippen molar-refractivity contribution in [2.75, 3.05) is 10.6 Å². The predicted molar refractivity (Wildman–Crippen MR) is 108 cm³/mol. The van der Waals surface area contributed by atoms with Crippen LogP contribution in [0.4, 0.5) is 10.7 Å². The zero-order chi connectivity index (χ0) is 19.8. The third-order valence-corrected chi connectivity index (χ3v) is 6.38. The first kappa shape index (κ1) is 18.7. The number of fused-ring (bicyclic) bond motifs is 2. The summed E-state index contributed by atoms with van der Waals surface area (Å²) in [4.78, 5) is 37.1. The van der Waals surface area contributed by atoms with Gasteiger partial charge in [-0.1, -0.05) is 23.8 Å². The van der Waals surface area contributed by atoms with E-state index >= 15 is 0 Å². The van der Waals surface area contributed by atoms with Crippen LogP contribution in [0, 0.1) is 23.7 Å². The number of nitrogens with one attached hydrogen (secondary N) is 2. The molecule has 8 heteroatoms. The number of amides is 2. The molecule has 0 saturated heterocycles. The van der Waals surface area contributed by atoms with E-state index in [1.807, 2.05) is 12.2 Å². The van der Waals surface area contributed by atoms with Crippen LogP contribution in [0.5, 0.6) is 0 Å². The molecule has 0 spiro atoms. The minimum absolute atomic E-state index is 0.0718. The molecule has 2 aliphatic carbocycles. The van der Waals surface area contributed by atoms with Crippen LogP contribution in [0.25, 0.3) is 0 Å². The molecule has 1 aromatic heterocycles. The molecule has 1 aromatic carbocycles. The van der Waals surface area contributed by atoms with E-state index in [1.165, 1.54) is 11.3 Å². The highest BCUT2D eigenvalue weighted by molar-refractivity contribution is 7.14. The van der Waals surface area contributed by atoms with Crippen molar-refractivity contribution in [3.8, 4) is 0 Å². The molecule has 2 bridgehead atoms. The van der Waals surface area contributed by atoms with Gasteiger partial charge in [0.15, 0.2) is 0 Å². The van der Waals surface area contributed by atoms with Crippen molar-refractivity contribution < 1.29 is 19.5 Å². The topological polar surface area (TPSA) is 95.5 Å². The Morgan fingerprint density at radius 3 is 2.36 bits per heavy atom. The number of anilines is 2.